The van der Waals surface area contributed by atoms with Crippen LogP contribution in [0.4, 0.5) is 8.78 Å². The molecule has 3 aromatic rings. The van der Waals surface area contributed by atoms with Gasteiger partial charge in [0.1, 0.15) is 17.2 Å². The van der Waals surface area contributed by atoms with Crippen LogP contribution in [0.2, 0.25) is 5.02 Å². The van der Waals surface area contributed by atoms with Crippen LogP contribution in [0.3, 0.4) is 0 Å². The minimum Gasteiger partial charge on any atom is -0.462 e. The van der Waals surface area contributed by atoms with E-state index in [9.17, 15) is 19.1 Å². The molecule has 1 N–H and O–H groups in total. The van der Waals surface area contributed by atoms with Gasteiger partial charge in [-0.15, -0.1) is 0 Å². The van der Waals surface area contributed by atoms with Crippen LogP contribution in [0, 0.1) is 17.6 Å². The number of halogens is 3. The van der Waals surface area contributed by atoms with Gasteiger partial charge in [-0.2, -0.15) is 0 Å². The molecule has 0 radical (unpaired) electrons. The van der Waals surface area contributed by atoms with E-state index in [4.69, 9.17) is 16.3 Å². The molecule has 5 nitrogen and oxygen atoms in total. The van der Waals surface area contributed by atoms with Crippen LogP contribution in [0.5, 0.6) is 0 Å². The van der Waals surface area contributed by atoms with Gasteiger partial charge in [0.05, 0.1) is 29.8 Å². The summed E-state index contributed by atoms with van der Waals surface area (Å²) in [6.45, 7) is 5.14. The average molecular weight is 464 g/mol. The Labute approximate surface area is 189 Å². The van der Waals surface area contributed by atoms with Gasteiger partial charge in [-0.25, -0.2) is 13.6 Å². The van der Waals surface area contributed by atoms with E-state index >= 15 is 4.39 Å². The number of aliphatic hydroxyl groups is 1. The van der Waals surface area contributed by atoms with Gasteiger partial charge in [-0.3, -0.25) is 4.79 Å². The highest BCUT2D eigenvalue weighted by molar-refractivity contribution is 6.30. The molecular weight excluding hydrogens is 440 g/mol. The minimum atomic E-state index is -0.805. The van der Waals surface area contributed by atoms with Crippen LogP contribution in [-0.2, 0) is 11.2 Å². The lowest BCUT2D eigenvalue weighted by Gasteiger charge is -2.25. The molecule has 0 aliphatic rings. The van der Waals surface area contributed by atoms with Gasteiger partial charge in [0, 0.05) is 18.0 Å². The number of carbonyl (C=O) groups excluding carboxylic acids is 1. The van der Waals surface area contributed by atoms with Crippen LogP contribution >= 0.6 is 11.6 Å². The van der Waals surface area contributed by atoms with Crippen molar-refractivity contribution in [2.45, 2.75) is 33.2 Å². The molecule has 170 valence electrons. The van der Waals surface area contributed by atoms with Crippen LogP contribution in [0.25, 0.3) is 10.9 Å². The molecule has 0 aliphatic heterocycles. The van der Waals surface area contributed by atoms with Crippen molar-refractivity contribution in [2.75, 3.05) is 13.2 Å². The highest BCUT2D eigenvalue weighted by Gasteiger charge is 2.23. The Morgan fingerprint density at radius 3 is 2.56 bits per heavy atom. The monoisotopic (exact) mass is 463 g/mol. The van der Waals surface area contributed by atoms with Gasteiger partial charge in [0.25, 0.3) is 0 Å². The lowest BCUT2D eigenvalue weighted by atomic mass is 9.99. The number of ether oxygens (including phenoxy) is 1. The van der Waals surface area contributed by atoms with Crippen LogP contribution in [-0.4, -0.2) is 28.9 Å². The first-order chi connectivity index (χ1) is 15.2. The molecule has 0 saturated heterocycles. The Morgan fingerprint density at radius 1 is 1.22 bits per heavy atom. The maximum absolute atomic E-state index is 15.1. The molecule has 0 aliphatic carbocycles. The molecule has 1 aromatic heterocycles. The van der Waals surface area contributed by atoms with Crippen molar-refractivity contribution in [3.05, 3.63) is 80.1 Å². The molecule has 1 atom stereocenters. The van der Waals surface area contributed by atoms with Crippen molar-refractivity contribution in [1.82, 2.24) is 4.57 Å². The zero-order valence-corrected chi connectivity index (χ0v) is 18.7. The summed E-state index contributed by atoms with van der Waals surface area (Å²) in [6, 6.07) is 6.42. The quantitative estimate of drug-likeness (QED) is 0.506. The third kappa shape index (κ3) is 4.54. The van der Waals surface area contributed by atoms with E-state index in [2.05, 4.69) is 0 Å². The zero-order valence-electron chi connectivity index (χ0n) is 18.0. The van der Waals surface area contributed by atoms with Gasteiger partial charge < -0.3 is 14.4 Å². The Kier molecular flexibility index (Phi) is 7.31. The maximum Gasteiger partial charge on any atom is 0.343 e. The maximum atomic E-state index is 15.1. The lowest BCUT2D eigenvalue weighted by Crippen LogP contribution is -2.26. The fourth-order valence-corrected chi connectivity index (χ4v) is 3.88. The van der Waals surface area contributed by atoms with Crippen molar-refractivity contribution in [1.29, 1.82) is 0 Å². The second kappa shape index (κ2) is 9.79. The summed E-state index contributed by atoms with van der Waals surface area (Å²) in [5.41, 5.74) is -0.363. The van der Waals surface area contributed by atoms with E-state index in [-0.39, 0.29) is 58.2 Å². The highest BCUT2D eigenvalue weighted by atomic mass is 35.5. The number of esters is 1. The molecular formula is C24H24ClF2NO4. The predicted molar refractivity (Wildman–Crippen MR) is 119 cm³/mol. The molecule has 0 amide bonds. The van der Waals surface area contributed by atoms with E-state index in [1.807, 2.05) is 13.8 Å². The molecule has 2 aromatic carbocycles. The summed E-state index contributed by atoms with van der Waals surface area (Å²) in [5.74, 6) is -2.19. The Bertz CT molecular complexity index is 1220. The van der Waals surface area contributed by atoms with Gasteiger partial charge in [-0.1, -0.05) is 37.6 Å². The third-order valence-corrected chi connectivity index (χ3v) is 5.71. The molecule has 0 saturated carbocycles. The number of benzene rings is 2. The van der Waals surface area contributed by atoms with Crippen molar-refractivity contribution in [2.24, 2.45) is 5.92 Å². The molecule has 32 heavy (non-hydrogen) atoms. The standard InChI is InChI=1S/C24H24ClF2NO4/c1-4-32-24(31)17-11-28(21(12-29)13(2)3)20-10-19(26)15(9-16(20)23(17)30)8-14-6-5-7-18(25)22(14)27/h5-7,9-11,13,21,29H,4,8,12H2,1-3H3. The van der Waals surface area contributed by atoms with Crippen LogP contribution in [0.1, 0.15) is 48.3 Å². The van der Waals surface area contributed by atoms with E-state index in [0.717, 1.165) is 0 Å². The summed E-state index contributed by atoms with van der Waals surface area (Å²) in [5, 5.41) is 9.92. The fraction of sp³-hybridized carbons (Fsp3) is 0.333. The number of rotatable bonds is 7. The topological polar surface area (TPSA) is 68.5 Å². The van der Waals surface area contributed by atoms with Crippen molar-refractivity contribution in [3.63, 3.8) is 0 Å². The Balaban J connectivity index is 2.28. The second-order valence-electron chi connectivity index (χ2n) is 7.84. The first-order valence-electron chi connectivity index (χ1n) is 10.3. The number of pyridine rings is 1. The van der Waals surface area contributed by atoms with Gasteiger partial charge in [0.15, 0.2) is 0 Å². The van der Waals surface area contributed by atoms with Crippen molar-refractivity contribution in [3.8, 4) is 0 Å². The van der Waals surface area contributed by atoms with E-state index in [0.29, 0.717) is 0 Å². The zero-order chi connectivity index (χ0) is 23.6. The molecule has 3 rings (SSSR count). The van der Waals surface area contributed by atoms with Crippen LogP contribution in [0.15, 0.2) is 41.3 Å². The van der Waals surface area contributed by atoms with Gasteiger partial charge in [0.2, 0.25) is 5.43 Å². The average Bonchev–Trinajstić information content (AvgIpc) is 2.74. The second-order valence-corrected chi connectivity index (χ2v) is 8.25. The summed E-state index contributed by atoms with van der Waals surface area (Å²) >= 11 is 5.83. The molecule has 0 fully saturated rings. The van der Waals surface area contributed by atoms with Gasteiger partial charge in [-0.05, 0) is 42.2 Å². The highest BCUT2D eigenvalue weighted by Crippen LogP contribution is 2.27. The largest absolute Gasteiger partial charge is 0.462 e. The number of hydrogen-bond acceptors (Lipinski definition) is 4. The van der Waals surface area contributed by atoms with Crippen molar-refractivity contribution >= 4 is 28.5 Å². The number of aromatic nitrogens is 1. The summed E-state index contributed by atoms with van der Waals surface area (Å²) in [7, 11) is 0. The summed E-state index contributed by atoms with van der Waals surface area (Å²) < 4.78 is 36.0. The molecule has 0 spiro atoms. The SMILES string of the molecule is CCOC(=O)c1cn(C(CO)C(C)C)c2cc(F)c(Cc3cccc(Cl)c3F)cc2c1=O. The lowest BCUT2D eigenvalue weighted by molar-refractivity contribution is 0.0523. The third-order valence-electron chi connectivity index (χ3n) is 5.42. The van der Waals surface area contributed by atoms with E-state index in [1.54, 1.807) is 13.0 Å². The number of carbonyl (C=O) groups is 1. The Hall–Kier alpha value is -2.77. The van der Waals surface area contributed by atoms with Gasteiger partial charge >= 0.3 is 5.97 Å². The molecule has 8 heteroatoms. The summed E-state index contributed by atoms with van der Waals surface area (Å²) in [4.78, 5) is 25.6. The minimum absolute atomic E-state index is 0.0760. The molecule has 0 bridgehead atoms. The van der Waals surface area contributed by atoms with Crippen LogP contribution < -0.4 is 5.43 Å². The number of hydrogen-bond donors (Lipinski definition) is 1. The van der Waals surface area contributed by atoms with E-state index < -0.39 is 29.1 Å². The molecule has 1 heterocycles. The predicted octanol–water partition coefficient (Wildman–Crippen LogP) is 4.89. The number of nitrogens with zero attached hydrogens (tertiary/aromatic N) is 1. The number of fused-ring (bicyclic) bond motifs is 1. The van der Waals surface area contributed by atoms with E-state index in [1.165, 1.54) is 35.0 Å². The Morgan fingerprint density at radius 2 is 1.94 bits per heavy atom. The fourth-order valence-electron chi connectivity index (χ4n) is 3.69. The first-order valence-corrected chi connectivity index (χ1v) is 10.7. The first kappa shape index (κ1) is 23.9. The summed E-state index contributed by atoms with van der Waals surface area (Å²) in [6.07, 6.45) is 1.17. The van der Waals surface area contributed by atoms with Crippen molar-refractivity contribution < 1.29 is 23.4 Å². The normalized spacial score (nSPS) is 12.4. The smallest absolute Gasteiger partial charge is 0.343 e. The molecule has 1 unspecified atom stereocenters. The number of aliphatic hydroxyl groups excluding tert-OH is 1.